The zero-order valence-electron chi connectivity index (χ0n) is 11.6. The van der Waals surface area contributed by atoms with Gasteiger partial charge in [-0.15, -0.1) is 0 Å². The van der Waals surface area contributed by atoms with Gasteiger partial charge in [0.05, 0.1) is 11.0 Å². The molecule has 0 aromatic heterocycles. The molecule has 0 bridgehead atoms. The third kappa shape index (κ3) is 4.06. The zero-order chi connectivity index (χ0) is 14.6. The van der Waals surface area contributed by atoms with E-state index in [2.05, 4.69) is 26.6 Å². The minimum absolute atomic E-state index is 0.101. The van der Waals surface area contributed by atoms with Crippen LogP contribution in [0.4, 0.5) is 0 Å². The van der Waals surface area contributed by atoms with Gasteiger partial charge in [0.25, 0.3) is 5.91 Å². The number of carbonyl (C=O) groups excluding carboxylic acids is 2. The molecule has 0 heterocycles. The van der Waals surface area contributed by atoms with Crippen LogP contribution in [0.1, 0.15) is 29.8 Å². The quantitative estimate of drug-likeness (QED) is 0.891. The van der Waals surface area contributed by atoms with Gasteiger partial charge in [-0.05, 0) is 48.8 Å². The first-order valence-corrected chi connectivity index (χ1v) is 6.84. The third-order valence-electron chi connectivity index (χ3n) is 2.90. The number of amides is 2. The molecule has 1 aromatic rings. The van der Waals surface area contributed by atoms with Crippen LogP contribution in [-0.4, -0.2) is 25.4 Å². The third-order valence-corrected chi connectivity index (χ3v) is 3.59. The summed E-state index contributed by atoms with van der Waals surface area (Å²) in [5.41, 5.74) is 0.951. The summed E-state index contributed by atoms with van der Waals surface area (Å²) in [4.78, 5) is 23.7. The van der Waals surface area contributed by atoms with Gasteiger partial charge in [-0.2, -0.15) is 0 Å². The molecule has 0 saturated heterocycles. The fourth-order valence-electron chi connectivity index (χ4n) is 1.63. The molecule has 0 unspecified atom stereocenters. The second kappa shape index (κ2) is 6.19. The highest BCUT2D eigenvalue weighted by Gasteiger charge is 2.27. The standard InChI is InChI=1S/C14H19BrN2O2/c1-9-5-6-11(15)10(7-9)12(18)17-8-14(2,3)13(19)16-4/h5-7H,8H2,1-4H3,(H,16,19)(H,17,18). The van der Waals surface area contributed by atoms with Gasteiger partial charge in [-0.3, -0.25) is 9.59 Å². The molecule has 104 valence electrons. The summed E-state index contributed by atoms with van der Waals surface area (Å²) in [5, 5.41) is 5.38. The number of benzene rings is 1. The summed E-state index contributed by atoms with van der Waals surface area (Å²) in [6.07, 6.45) is 0. The SMILES string of the molecule is CNC(=O)C(C)(C)CNC(=O)c1cc(C)ccc1Br. The summed E-state index contributed by atoms with van der Waals surface area (Å²) in [7, 11) is 1.59. The van der Waals surface area contributed by atoms with Crippen LogP contribution in [0.15, 0.2) is 22.7 Å². The molecule has 0 saturated carbocycles. The molecule has 4 nitrogen and oxygen atoms in total. The van der Waals surface area contributed by atoms with Gasteiger partial charge in [-0.25, -0.2) is 0 Å². The van der Waals surface area contributed by atoms with Crippen molar-refractivity contribution in [3.63, 3.8) is 0 Å². The van der Waals surface area contributed by atoms with Crippen LogP contribution in [0.5, 0.6) is 0 Å². The molecule has 0 radical (unpaired) electrons. The van der Waals surface area contributed by atoms with Gasteiger partial charge in [-0.1, -0.05) is 11.6 Å². The van der Waals surface area contributed by atoms with Gasteiger partial charge in [0.1, 0.15) is 0 Å². The topological polar surface area (TPSA) is 58.2 Å². The Morgan fingerprint density at radius 1 is 1.32 bits per heavy atom. The molecule has 2 amide bonds. The van der Waals surface area contributed by atoms with Crippen molar-refractivity contribution in [3.05, 3.63) is 33.8 Å². The minimum atomic E-state index is -0.638. The van der Waals surface area contributed by atoms with E-state index in [-0.39, 0.29) is 18.4 Å². The average molecular weight is 327 g/mol. The lowest BCUT2D eigenvalue weighted by molar-refractivity contribution is -0.128. The summed E-state index contributed by atoms with van der Waals surface area (Å²) in [5.74, 6) is -0.288. The van der Waals surface area contributed by atoms with E-state index >= 15 is 0 Å². The minimum Gasteiger partial charge on any atom is -0.359 e. The zero-order valence-corrected chi connectivity index (χ0v) is 13.2. The Balaban J connectivity index is 2.76. The number of hydrogen-bond acceptors (Lipinski definition) is 2. The predicted molar refractivity (Wildman–Crippen MR) is 79.1 cm³/mol. The molecule has 0 aliphatic rings. The van der Waals surface area contributed by atoms with E-state index in [1.54, 1.807) is 20.9 Å². The molecule has 0 atom stereocenters. The maximum absolute atomic E-state index is 12.1. The van der Waals surface area contributed by atoms with Crippen molar-refractivity contribution in [2.45, 2.75) is 20.8 Å². The molecule has 1 aromatic carbocycles. The van der Waals surface area contributed by atoms with Crippen molar-refractivity contribution in [1.29, 1.82) is 0 Å². The summed E-state index contributed by atoms with van der Waals surface area (Å²) < 4.78 is 0.744. The van der Waals surface area contributed by atoms with Crippen LogP contribution >= 0.6 is 15.9 Å². The van der Waals surface area contributed by atoms with E-state index in [1.165, 1.54) is 0 Å². The largest absolute Gasteiger partial charge is 0.359 e. The first-order valence-electron chi connectivity index (χ1n) is 6.04. The second-order valence-corrected chi connectivity index (χ2v) is 5.98. The monoisotopic (exact) mass is 326 g/mol. The van der Waals surface area contributed by atoms with Crippen LogP contribution in [0.3, 0.4) is 0 Å². The van der Waals surface area contributed by atoms with E-state index in [0.29, 0.717) is 5.56 Å². The average Bonchev–Trinajstić information content (AvgIpc) is 2.37. The highest BCUT2D eigenvalue weighted by Crippen LogP contribution is 2.19. The first-order chi connectivity index (χ1) is 8.77. The van der Waals surface area contributed by atoms with E-state index in [0.717, 1.165) is 10.0 Å². The summed E-state index contributed by atoms with van der Waals surface area (Å²) >= 11 is 3.35. The number of carbonyl (C=O) groups is 2. The molecule has 0 aliphatic heterocycles. The lowest BCUT2D eigenvalue weighted by Gasteiger charge is -2.23. The lowest BCUT2D eigenvalue weighted by Crippen LogP contribution is -2.43. The molecule has 2 N–H and O–H groups in total. The van der Waals surface area contributed by atoms with Gasteiger partial charge in [0.15, 0.2) is 0 Å². The maximum atomic E-state index is 12.1. The van der Waals surface area contributed by atoms with E-state index in [9.17, 15) is 9.59 Å². The predicted octanol–water partition coefficient (Wildman–Crippen LogP) is 2.26. The Morgan fingerprint density at radius 3 is 2.53 bits per heavy atom. The Kier molecular flexibility index (Phi) is 5.11. The number of rotatable bonds is 4. The number of hydrogen-bond donors (Lipinski definition) is 2. The summed E-state index contributed by atoms with van der Waals surface area (Å²) in [6, 6.07) is 5.58. The normalized spacial score (nSPS) is 11.0. The Labute approximate surface area is 122 Å². The molecule has 19 heavy (non-hydrogen) atoms. The van der Waals surface area contributed by atoms with Crippen molar-refractivity contribution in [2.75, 3.05) is 13.6 Å². The highest BCUT2D eigenvalue weighted by atomic mass is 79.9. The van der Waals surface area contributed by atoms with E-state index in [4.69, 9.17) is 0 Å². The van der Waals surface area contributed by atoms with Crippen LogP contribution in [0.2, 0.25) is 0 Å². The van der Waals surface area contributed by atoms with Crippen LogP contribution in [0, 0.1) is 12.3 Å². The fraction of sp³-hybridized carbons (Fsp3) is 0.429. The van der Waals surface area contributed by atoms with Gasteiger partial charge in [0, 0.05) is 18.1 Å². The molecule has 5 heteroatoms. The van der Waals surface area contributed by atoms with Crippen LogP contribution in [0.25, 0.3) is 0 Å². The molecule has 0 fully saturated rings. The van der Waals surface area contributed by atoms with E-state index in [1.807, 2.05) is 25.1 Å². The smallest absolute Gasteiger partial charge is 0.252 e. The number of nitrogens with one attached hydrogen (secondary N) is 2. The lowest BCUT2D eigenvalue weighted by atomic mass is 9.92. The molecule has 0 aliphatic carbocycles. The summed E-state index contributed by atoms with van der Waals surface area (Å²) in [6.45, 7) is 5.79. The molecular formula is C14H19BrN2O2. The fourth-order valence-corrected chi connectivity index (χ4v) is 2.05. The highest BCUT2D eigenvalue weighted by molar-refractivity contribution is 9.10. The van der Waals surface area contributed by atoms with Crippen molar-refractivity contribution in [2.24, 2.45) is 5.41 Å². The van der Waals surface area contributed by atoms with Crippen molar-refractivity contribution in [1.82, 2.24) is 10.6 Å². The molecular weight excluding hydrogens is 308 g/mol. The van der Waals surface area contributed by atoms with Crippen molar-refractivity contribution >= 4 is 27.7 Å². The Morgan fingerprint density at radius 2 is 1.95 bits per heavy atom. The molecule has 0 spiro atoms. The van der Waals surface area contributed by atoms with Crippen LogP contribution < -0.4 is 10.6 Å². The van der Waals surface area contributed by atoms with Crippen molar-refractivity contribution in [3.8, 4) is 0 Å². The van der Waals surface area contributed by atoms with Crippen molar-refractivity contribution < 1.29 is 9.59 Å². The molecule has 1 rings (SSSR count). The number of halogens is 1. The first kappa shape index (κ1) is 15.7. The van der Waals surface area contributed by atoms with Gasteiger partial charge < -0.3 is 10.6 Å². The Bertz CT molecular complexity index is 498. The van der Waals surface area contributed by atoms with Gasteiger partial charge >= 0.3 is 0 Å². The van der Waals surface area contributed by atoms with E-state index < -0.39 is 5.41 Å². The second-order valence-electron chi connectivity index (χ2n) is 5.13. The van der Waals surface area contributed by atoms with Crippen LogP contribution in [-0.2, 0) is 4.79 Å². The Hall–Kier alpha value is -1.36. The van der Waals surface area contributed by atoms with Gasteiger partial charge in [0.2, 0.25) is 5.91 Å². The number of aryl methyl sites for hydroxylation is 1. The maximum Gasteiger partial charge on any atom is 0.252 e.